The van der Waals surface area contributed by atoms with Crippen LogP contribution >= 0.6 is 0 Å². The van der Waals surface area contributed by atoms with Crippen LogP contribution in [0.2, 0.25) is 0 Å². The topological polar surface area (TPSA) is 104 Å². The van der Waals surface area contributed by atoms with Crippen LogP contribution in [0.25, 0.3) is 5.76 Å². The molecule has 1 aliphatic heterocycles. The number of rotatable bonds is 4. The Bertz CT molecular complexity index is 1070. The standard InChI is InChI=1S/C19H18N2O5S/c1-3-20-19(24)13-8-6-7-12(11-13)17(22)16-18(23)14-9-4-5-10-15(14)27(25,26)21(16)2/h4-11,23H,3H2,1-2H3,(H,20,24). The lowest BCUT2D eigenvalue weighted by molar-refractivity contribution is 0.0956. The molecule has 2 N–H and O–H groups in total. The van der Waals surface area contributed by atoms with Crippen molar-refractivity contribution in [3.63, 3.8) is 0 Å². The molecule has 0 radical (unpaired) electrons. The van der Waals surface area contributed by atoms with Gasteiger partial charge < -0.3 is 10.4 Å². The van der Waals surface area contributed by atoms with Crippen molar-refractivity contribution in [3.05, 3.63) is 70.9 Å². The van der Waals surface area contributed by atoms with E-state index < -0.39 is 21.6 Å². The lowest BCUT2D eigenvalue weighted by Crippen LogP contribution is -2.35. The number of aliphatic hydroxyl groups excluding tert-OH is 1. The van der Waals surface area contributed by atoms with Crippen molar-refractivity contribution >= 4 is 27.5 Å². The van der Waals surface area contributed by atoms with Gasteiger partial charge in [-0.1, -0.05) is 24.3 Å². The van der Waals surface area contributed by atoms with Crippen LogP contribution in [-0.4, -0.2) is 43.1 Å². The largest absolute Gasteiger partial charge is 0.505 e. The minimum absolute atomic E-state index is 0.0684. The average Bonchev–Trinajstić information content (AvgIpc) is 2.67. The minimum atomic E-state index is -3.98. The van der Waals surface area contributed by atoms with E-state index >= 15 is 0 Å². The smallest absolute Gasteiger partial charge is 0.265 e. The summed E-state index contributed by atoms with van der Waals surface area (Å²) in [7, 11) is -2.76. The molecule has 2 aromatic carbocycles. The summed E-state index contributed by atoms with van der Waals surface area (Å²) in [5.41, 5.74) is 0.0758. The molecule has 8 heteroatoms. The van der Waals surface area contributed by atoms with Gasteiger partial charge in [-0.15, -0.1) is 0 Å². The Labute approximate surface area is 157 Å². The van der Waals surface area contributed by atoms with Gasteiger partial charge in [0.25, 0.3) is 15.9 Å². The van der Waals surface area contributed by atoms with Gasteiger partial charge in [0.05, 0.1) is 4.90 Å². The zero-order chi connectivity index (χ0) is 19.8. The van der Waals surface area contributed by atoms with Gasteiger partial charge in [0.2, 0.25) is 5.78 Å². The molecule has 27 heavy (non-hydrogen) atoms. The van der Waals surface area contributed by atoms with Crippen molar-refractivity contribution in [2.45, 2.75) is 11.8 Å². The first-order valence-corrected chi connectivity index (χ1v) is 9.67. The van der Waals surface area contributed by atoms with Crippen LogP contribution in [0, 0.1) is 0 Å². The monoisotopic (exact) mass is 386 g/mol. The van der Waals surface area contributed by atoms with Gasteiger partial charge in [-0.2, -0.15) is 0 Å². The molecule has 0 unspecified atom stereocenters. The van der Waals surface area contributed by atoms with Crippen molar-refractivity contribution in [3.8, 4) is 0 Å². The summed E-state index contributed by atoms with van der Waals surface area (Å²) in [5, 5.41) is 13.2. The van der Waals surface area contributed by atoms with Crippen molar-refractivity contribution in [1.29, 1.82) is 0 Å². The Morgan fingerprint density at radius 2 is 1.74 bits per heavy atom. The summed E-state index contributed by atoms with van der Waals surface area (Å²) in [6.07, 6.45) is 0. The van der Waals surface area contributed by atoms with Crippen molar-refractivity contribution in [2.24, 2.45) is 0 Å². The highest BCUT2D eigenvalue weighted by Crippen LogP contribution is 2.35. The molecule has 0 saturated carbocycles. The molecule has 0 aliphatic carbocycles. The number of ketones is 1. The van der Waals surface area contributed by atoms with Crippen LogP contribution in [0.4, 0.5) is 0 Å². The Balaban J connectivity index is 2.12. The van der Waals surface area contributed by atoms with Gasteiger partial charge in [-0.05, 0) is 31.2 Å². The van der Waals surface area contributed by atoms with Crippen LogP contribution in [0.5, 0.6) is 0 Å². The Kier molecular flexibility index (Phi) is 4.75. The number of carbonyl (C=O) groups excluding carboxylic acids is 2. The van der Waals surface area contributed by atoms with Gasteiger partial charge in [0.15, 0.2) is 5.76 Å². The number of hydrogen-bond donors (Lipinski definition) is 2. The first-order valence-electron chi connectivity index (χ1n) is 8.23. The molecule has 1 aliphatic rings. The van der Waals surface area contributed by atoms with E-state index in [-0.39, 0.29) is 33.2 Å². The second-order valence-electron chi connectivity index (χ2n) is 5.94. The van der Waals surface area contributed by atoms with E-state index in [0.29, 0.717) is 6.54 Å². The van der Waals surface area contributed by atoms with Crippen LogP contribution in [-0.2, 0) is 10.0 Å². The van der Waals surface area contributed by atoms with E-state index in [1.165, 1.54) is 37.4 Å². The third-order valence-corrected chi connectivity index (χ3v) is 6.07. The number of hydrogen-bond acceptors (Lipinski definition) is 5. The lowest BCUT2D eigenvalue weighted by atomic mass is 10.0. The second-order valence-corrected chi connectivity index (χ2v) is 7.87. The zero-order valence-electron chi connectivity index (χ0n) is 14.8. The summed E-state index contributed by atoms with van der Waals surface area (Å²) in [6, 6.07) is 11.8. The van der Waals surface area contributed by atoms with Crippen LogP contribution in [0.15, 0.2) is 59.1 Å². The van der Waals surface area contributed by atoms with Gasteiger partial charge in [0, 0.05) is 30.3 Å². The fourth-order valence-corrected chi connectivity index (χ4v) is 4.28. The number of carbonyl (C=O) groups is 2. The number of allylic oxidation sites excluding steroid dienone is 1. The summed E-state index contributed by atoms with van der Waals surface area (Å²) in [4.78, 5) is 24.9. The molecular weight excluding hydrogens is 368 g/mol. The normalized spacial score (nSPS) is 15.3. The average molecular weight is 386 g/mol. The first kappa shape index (κ1) is 18.7. The number of Topliss-reactive ketones (excluding diaryl/α,β-unsaturated/α-hetero) is 1. The lowest BCUT2D eigenvalue weighted by Gasteiger charge is -2.28. The Morgan fingerprint density at radius 1 is 1.07 bits per heavy atom. The number of nitrogens with one attached hydrogen (secondary N) is 1. The minimum Gasteiger partial charge on any atom is -0.505 e. The van der Waals surface area contributed by atoms with Gasteiger partial charge in [-0.25, -0.2) is 8.42 Å². The molecule has 0 bridgehead atoms. The predicted octanol–water partition coefficient (Wildman–Crippen LogP) is 2.18. The van der Waals surface area contributed by atoms with Crippen LogP contribution in [0.1, 0.15) is 33.2 Å². The van der Waals surface area contributed by atoms with Crippen LogP contribution < -0.4 is 5.32 Å². The fraction of sp³-hybridized carbons (Fsp3) is 0.158. The molecule has 0 aromatic heterocycles. The molecule has 1 heterocycles. The number of benzene rings is 2. The zero-order valence-corrected chi connectivity index (χ0v) is 15.6. The Hall–Kier alpha value is -3.13. The molecule has 0 saturated heterocycles. The second kappa shape index (κ2) is 6.88. The summed E-state index contributed by atoms with van der Waals surface area (Å²) in [6.45, 7) is 2.20. The van der Waals surface area contributed by atoms with Gasteiger partial charge in [0.1, 0.15) is 5.70 Å². The summed E-state index contributed by atoms with van der Waals surface area (Å²) >= 11 is 0. The maximum absolute atomic E-state index is 13.0. The van der Waals surface area contributed by atoms with Crippen molar-refractivity contribution in [1.82, 2.24) is 9.62 Å². The molecule has 140 valence electrons. The first-order chi connectivity index (χ1) is 12.8. The molecule has 3 rings (SSSR count). The van der Waals surface area contributed by atoms with Crippen LogP contribution in [0.3, 0.4) is 0 Å². The molecule has 0 spiro atoms. The van der Waals surface area contributed by atoms with E-state index in [0.717, 1.165) is 4.31 Å². The highest BCUT2D eigenvalue weighted by atomic mass is 32.2. The fourth-order valence-electron chi connectivity index (χ4n) is 2.88. The number of fused-ring (bicyclic) bond motifs is 1. The molecule has 2 aromatic rings. The third-order valence-electron chi connectivity index (χ3n) is 4.26. The van der Waals surface area contributed by atoms with Gasteiger partial charge >= 0.3 is 0 Å². The molecule has 0 atom stereocenters. The van der Waals surface area contributed by atoms with Crippen molar-refractivity contribution in [2.75, 3.05) is 13.6 Å². The molecular formula is C19H18N2O5S. The molecule has 0 fully saturated rings. The van der Waals surface area contributed by atoms with E-state index in [1.807, 2.05) is 0 Å². The summed E-state index contributed by atoms with van der Waals surface area (Å²) < 4.78 is 26.2. The predicted molar refractivity (Wildman–Crippen MR) is 99.7 cm³/mol. The van der Waals surface area contributed by atoms with E-state index in [9.17, 15) is 23.1 Å². The van der Waals surface area contributed by atoms with E-state index in [2.05, 4.69) is 5.32 Å². The number of sulfonamides is 1. The number of aliphatic hydroxyl groups is 1. The molecule has 1 amide bonds. The van der Waals surface area contributed by atoms with Gasteiger partial charge in [-0.3, -0.25) is 13.9 Å². The highest BCUT2D eigenvalue weighted by molar-refractivity contribution is 7.89. The molecule has 7 nitrogen and oxygen atoms in total. The quantitative estimate of drug-likeness (QED) is 0.784. The van der Waals surface area contributed by atoms with Crippen molar-refractivity contribution < 1.29 is 23.1 Å². The Morgan fingerprint density at radius 3 is 2.44 bits per heavy atom. The maximum Gasteiger partial charge on any atom is 0.265 e. The number of likely N-dealkylation sites (N-methyl/N-ethyl adjacent to an activating group) is 1. The summed E-state index contributed by atoms with van der Waals surface area (Å²) in [5.74, 6) is -1.46. The third kappa shape index (κ3) is 3.08. The maximum atomic E-state index is 13.0. The number of amides is 1. The van der Waals surface area contributed by atoms with E-state index in [4.69, 9.17) is 0 Å². The van der Waals surface area contributed by atoms with E-state index in [1.54, 1.807) is 25.1 Å². The SMILES string of the molecule is CCNC(=O)c1cccc(C(=O)C2=C(O)c3ccccc3S(=O)(=O)N2C)c1. The number of nitrogens with zero attached hydrogens (tertiary/aromatic N) is 1. The highest BCUT2D eigenvalue weighted by Gasteiger charge is 2.37.